The van der Waals surface area contributed by atoms with Gasteiger partial charge in [0.15, 0.2) is 5.03 Å². The molecule has 2 aromatic heterocycles. The Labute approximate surface area is 204 Å². The first kappa shape index (κ1) is 24.6. The van der Waals surface area contributed by atoms with Gasteiger partial charge >= 0.3 is 0 Å². The average Bonchev–Trinajstić information content (AvgIpc) is 3.49. The summed E-state index contributed by atoms with van der Waals surface area (Å²) in [5.41, 5.74) is 4.30. The van der Waals surface area contributed by atoms with Crippen LogP contribution in [0.2, 0.25) is 0 Å². The summed E-state index contributed by atoms with van der Waals surface area (Å²) in [7, 11) is -2.58. The molecule has 9 nitrogen and oxygen atoms in total. The number of hydrogen-bond donors (Lipinski definition) is 1. The van der Waals surface area contributed by atoms with Gasteiger partial charge in [0, 0.05) is 19.5 Å². The summed E-state index contributed by atoms with van der Waals surface area (Å²) in [6.45, 7) is 4.08. The molecular weight excluding hydrogens is 466 g/mol. The largest absolute Gasteiger partial charge is 0.377 e. The molecular formula is C25H27N5O4S. The highest BCUT2D eigenvalue weighted by Gasteiger charge is 2.26. The van der Waals surface area contributed by atoms with E-state index >= 15 is 0 Å². The molecule has 4 rings (SSSR count). The van der Waals surface area contributed by atoms with Crippen LogP contribution in [0.15, 0.2) is 47.8 Å². The van der Waals surface area contributed by atoms with Gasteiger partial charge < -0.3 is 4.74 Å². The number of carbonyl (C=O) groups excluding carboxylic acids is 1. The fraction of sp³-hybridized carbons (Fsp3) is 0.360. The molecule has 35 heavy (non-hydrogen) atoms. The normalized spacial score (nSPS) is 13.3. The van der Waals surface area contributed by atoms with E-state index in [2.05, 4.69) is 14.8 Å². The van der Waals surface area contributed by atoms with Gasteiger partial charge in [0.25, 0.3) is 10.0 Å². The first-order valence-corrected chi connectivity index (χ1v) is 12.7. The number of amides is 1. The summed E-state index contributed by atoms with van der Waals surface area (Å²) in [5, 5.41) is 13.1. The SMILES string of the molecule is COC(C)(C)Cn1ccc(S(=O)(=O)NC(=O)Cc2c(-c3ccnc(C#N)c3)ccc3c2CCC3)n1. The van der Waals surface area contributed by atoms with Crippen LogP contribution < -0.4 is 4.72 Å². The van der Waals surface area contributed by atoms with Crippen LogP contribution in [0.5, 0.6) is 0 Å². The number of nitrogens with zero attached hydrogens (tertiary/aromatic N) is 4. The molecule has 1 amide bonds. The van der Waals surface area contributed by atoms with Crippen molar-refractivity contribution < 1.29 is 17.9 Å². The number of benzene rings is 1. The Balaban J connectivity index is 1.59. The number of sulfonamides is 1. The van der Waals surface area contributed by atoms with Crippen molar-refractivity contribution >= 4 is 15.9 Å². The number of nitrogens with one attached hydrogen (secondary N) is 1. The second-order valence-electron chi connectivity index (χ2n) is 9.15. The zero-order valence-corrected chi connectivity index (χ0v) is 20.7. The fourth-order valence-corrected chi connectivity index (χ4v) is 5.23. The molecule has 1 aliphatic carbocycles. The second-order valence-corrected chi connectivity index (χ2v) is 10.8. The van der Waals surface area contributed by atoms with Gasteiger partial charge in [-0.05, 0) is 79.1 Å². The van der Waals surface area contributed by atoms with Crippen LogP contribution in [-0.2, 0) is 45.4 Å². The number of pyridine rings is 1. The lowest BCUT2D eigenvalue weighted by molar-refractivity contribution is -0.118. The van der Waals surface area contributed by atoms with Gasteiger partial charge in [-0.15, -0.1) is 0 Å². The smallest absolute Gasteiger partial charge is 0.283 e. The molecule has 3 aromatic rings. The lowest BCUT2D eigenvalue weighted by Crippen LogP contribution is -2.33. The third kappa shape index (κ3) is 5.42. The van der Waals surface area contributed by atoms with E-state index in [-0.39, 0.29) is 17.1 Å². The Morgan fingerprint density at radius 1 is 1.26 bits per heavy atom. The predicted molar refractivity (Wildman–Crippen MR) is 129 cm³/mol. The summed E-state index contributed by atoms with van der Waals surface area (Å²) < 4.78 is 34.7. The van der Waals surface area contributed by atoms with Gasteiger partial charge in [-0.2, -0.15) is 18.8 Å². The van der Waals surface area contributed by atoms with Crippen LogP contribution in [0.3, 0.4) is 0 Å². The van der Waals surface area contributed by atoms with Crippen LogP contribution in [-0.4, -0.2) is 41.8 Å². The first-order chi connectivity index (χ1) is 16.6. The fourth-order valence-electron chi connectivity index (χ4n) is 4.30. The van der Waals surface area contributed by atoms with E-state index in [1.807, 2.05) is 32.0 Å². The molecule has 10 heteroatoms. The maximum atomic E-state index is 13.0. The van der Waals surface area contributed by atoms with E-state index in [0.29, 0.717) is 6.54 Å². The number of carbonyl (C=O) groups is 1. The molecule has 0 unspecified atom stereocenters. The van der Waals surface area contributed by atoms with Gasteiger partial charge in [0.05, 0.1) is 18.6 Å². The van der Waals surface area contributed by atoms with Crippen molar-refractivity contribution in [2.45, 2.75) is 56.7 Å². The number of aryl methyl sites for hydroxylation is 1. The van der Waals surface area contributed by atoms with Gasteiger partial charge in [-0.3, -0.25) is 9.48 Å². The summed E-state index contributed by atoms with van der Waals surface area (Å²) in [6.07, 6.45) is 5.68. The molecule has 0 fully saturated rings. The molecule has 1 N–H and O–H groups in total. The Kier molecular flexibility index (Phi) is 6.74. The quantitative estimate of drug-likeness (QED) is 0.511. The topological polar surface area (TPSA) is 127 Å². The van der Waals surface area contributed by atoms with E-state index in [1.165, 1.54) is 16.9 Å². The van der Waals surface area contributed by atoms with Crippen molar-refractivity contribution in [1.82, 2.24) is 19.5 Å². The van der Waals surface area contributed by atoms with Crippen molar-refractivity contribution in [3.63, 3.8) is 0 Å². The second kappa shape index (κ2) is 9.60. The Hall–Kier alpha value is -3.55. The Morgan fingerprint density at radius 3 is 2.80 bits per heavy atom. The third-order valence-electron chi connectivity index (χ3n) is 6.16. The Morgan fingerprint density at radius 2 is 2.06 bits per heavy atom. The van der Waals surface area contributed by atoms with Crippen LogP contribution in [0.1, 0.15) is 42.7 Å². The molecule has 0 bridgehead atoms. The molecule has 0 radical (unpaired) electrons. The molecule has 182 valence electrons. The zero-order chi connectivity index (χ0) is 25.2. The highest BCUT2D eigenvalue weighted by Crippen LogP contribution is 2.34. The van der Waals surface area contributed by atoms with E-state index in [1.54, 1.807) is 25.4 Å². The minimum Gasteiger partial charge on any atom is -0.377 e. The predicted octanol–water partition coefficient (Wildman–Crippen LogP) is 2.78. The molecule has 0 aliphatic heterocycles. The minimum absolute atomic E-state index is 0.112. The summed E-state index contributed by atoms with van der Waals surface area (Å²) >= 11 is 0. The van der Waals surface area contributed by atoms with Crippen LogP contribution in [0.25, 0.3) is 11.1 Å². The average molecular weight is 494 g/mol. The maximum Gasteiger partial charge on any atom is 0.283 e. The standard InChI is InChI=1S/C25H27N5O4S/c1-25(2,34-3)16-30-12-10-24(28-30)35(32,33)29-23(31)14-22-20-6-4-5-17(20)7-8-21(22)18-9-11-27-19(13-18)15-26/h7-13H,4-6,14,16H2,1-3H3,(H,29,31). The Bertz CT molecular complexity index is 1420. The van der Waals surface area contributed by atoms with Crippen LogP contribution >= 0.6 is 0 Å². The molecule has 0 saturated heterocycles. The van der Waals surface area contributed by atoms with E-state index in [4.69, 9.17) is 4.74 Å². The van der Waals surface area contributed by atoms with Gasteiger partial charge in [0.2, 0.25) is 5.91 Å². The van der Waals surface area contributed by atoms with Gasteiger partial charge in [-0.25, -0.2) is 9.71 Å². The third-order valence-corrected chi connectivity index (χ3v) is 7.42. The highest BCUT2D eigenvalue weighted by atomic mass is 32.2. The van der Waals surface area contributed by atoms with Crippen molar-refractivity contribution in [3.8, 4) is 17.2 Å². The number of fused-ring (bicyclic) bond motifs is 1. The van der Waals surface area contributed by atoms with E-state index in [0.717, 1.165) is 47.1 Å². The van der Waals surface area contributed by atoms with Crippen LogP contribution in [0.4, 0.5) is 0 Å². The maximum absolute atomic E-state index is 13.0. The lowest BCUT2D eigenvalue weighted by atomic mass is 9.91. The number of methoxy groups -OCH3 is 1. The lowest BCUT2D eigenvalue weighted by Gasteiger charge is -2.22. The van der Waals surface area contributed by atoms with Gasteiger partial charge in [0.1, 0.15) is 11.8 Å². The minimum atomic E-state index is -4.15. The van der Waals surface area contributed by atoms with Crippen molar-refractivity contribution in [1.29, 1.82) is 5.26 Å². The first-order valence-electron chi connectivity index (χ1n) is 11.3. The summed E-state index contributed by atoms with van der Waals surface area (Å²) in [6, 6.07) is 10.8. The molecule has 0 spiro atoms. The highest BCUT2D eigenvalue weighted by molar-refractivity contribution is 7.90. The van der Waals surface area contributed by atoms with E-state index in [9.17, 15) is 18.5 Å². The molecule has 0 saturated carbocycles. The van der Waals surface area contributed by atoms with Crippen LogP contribution in [0, 0.1) is 11.3 Å². The van der Waals surface area contributed by atoms with Crippen molar-refractivity contribution in [3.05, 3.63) is 65.1 Å². The van der Waals surface area contributed by atoms with Crippen molar-refractivity contribution in [2.24, 2.45) is 0 Å². The molecule has 1 aromatic carbocycles. The van der Waals surface area contributed by atoms with Crippen molar-refractivity contribution in [2.75, 3.05) is 7.11 Å². The number of rotatable bonds is 8. The summed E-state index contributed by atoms with van der Waals surface area (Å²) in [5.74, 6) is -0.645. The monoisotopic (exact) mass is 493 g/mol. The summed E-state index contributed by atoms with van der Waals surface area (Å²) in [4.78, 5) is 17.0. The molecule has 2 heterocycles. The number of nitriles is 1. The molecule has 0 atom stereocenters. The zero-order valence-electron chi connectivity index (χ0n) is 19.9. The number of ether oxygens (including phenoxy) is 1. The number of hydrogen-bond acceptors (Lipinski definition) is 7. The number of aromatic nitrogens is 3. The van der Waals surface area contributed by atoms with Gasteiger partial charge in [-0.1, -0.05) is 12.1 Å². The van der Waals surface area contributed by atoms with E-state index < -0.39 is 21.5 Å². The molecule has 1 aliphatic rings.